The topological polar surface area (TPSA) is 0 Å². The Kier molecular flexibility index (Phi) is 4.68. The summed E-state index contributed by atoms with van der Waals surface area (Å²) in [5, 5.41) is 0. The van der Waals surface area contributed by atoms with E-state index in [0.29, 0.717) is 0 Å². The highest BCUT2D eigenvalue weighted by Crippen LogP contribution is 2.27. The third kappa shape index (κ3) is 2.16. The second-order valence-electron chi connectivity index (χ2n) is 2.19. The highest BCUT2D eigenvalue weighted by Gasteiger charge is 2.20. The Morgan fingerprint density at radius 1 is 0.846 bits per heavy atom. The van der Waals surface area contributed by atoms with Crippen LogP contribution >= 0.6 is 15.9 Å². The maximum absolute atomic E-state index is 12.6. The third-order valence-electron chi connectivity index (χ3n) is 1.43. The van der Waals surface area contributed by atoms with E-state index >= 15 is 0 Å². The van der Waals surface area contributed by atoms with Crippen molar-refractivity contribution in [1.29, 1.82) is 0 Å². The van der Waals surface area contributed by atoms with Crippen LogP contribution in [0.1, 0.15) is 5.56 Å². The molecular weight excluding hydrogens is 264 g/mol. The van der Waals surface area contributed by atoms with Crippen LogP contribution in [0.25, 0.3) is 0 Å². The molecule has 0 N–H and O–H groups in total. The molecule has 0 radical (unpaired) electrons. The summed E-state index contributed by atoms with van der Waals surface area (Å²) in [4.78, 5) is 0. The van der Waals surface area contributed by atoms with Gasteiger partial charge in [0.1, 0.15) is 0 Å². The van der Waals surface area contributed by atoms with Gasteiger partial charge in [0.15, 0.2) is 23.3 Å². The van der Waals surface area contributed by atoms with Gasteiger partial charge in [0, 0.05) is 5.56 Å². The molecule has 0 spiro atoms. The van der Waals surface area contributed by atoms with E-state index in [1.54, 1.807) is 0 Å². The second kappa shape index (κ2) is 4.61. The van der Waals surface area contributed by atoms with Crippen LogP contribution in [0.2, 0.25) is 0 Å². The first kappa shape index (κ1) is 13.2. The van der Waals surface area contributed by atoms with Gasteiger partial charge in [-0.2, -0.15) is 0 Å². The molecule has 0 atom stereocenters. The van der Waals surface area contributed by atoms with Crippen LogP contribution in [0, 0.1) is 30.2 Å². The summed E-state index contributed by atoms with van der Waals surface area (Å²) in [6.45, 7) is 0.962. The molecule has 1 aromatic rings. The fourth-order valence-electron chi connectivity index (χ4n) is 0.715. The summed E-state index contributed by atoms with van der Waals surface area (Å²) >= 11 is 2.38. The average Bonchev–Trinajstić information content (AvgIpc) is 2.08. The van der Waals surface area contributed by atoms with Gasteiger partial charge >= 0.3 is 23.1 Å². The number of halogens is 5. The highest BCUT2D eigenvalue weighted by atomic mass is 79.9. The monoisotopic (exact) mass is 268 g/mol. The summed E-state index contributed by atoms with van der Waals surface area (Å²) in [5.74, 6) is -5.57. The largest absolute Gasteiger partial charge is 0.316 e. The smallest absolute Gasteiger partial charge is 0.203 e. The number of hydrogen-bond donors (Lipinski definition) is 0. The van der Waals surface area contributed by atoms with E-state index in [1.165, 1.54) is 0 Å². The standard InChI is InChI=1S/C7H3BrF4.Mg.2H/c1-2-4(9)6(11)3(8)7(12)5(2)10;;;/h1H3;;;. The van der Waals surface area contributed by atoms with E-state index in [2.05, 4.69) is 15.9 Å². The Labute approximate surface area is 96.6 Å². The van der Waals surface area contributed by atoms with Crippen molar-refractivity contribution in [1.82, 2.24) is 0 Å². The molecule has 70 valence electrons. The third-order valence-corrected chi connectivity index (χ3v) is 2.13. The predicted octanol–water partition coefficient (Wildman–Crippen LogP) is 2.40. The van der Waals surface area contributed by atoms with E-state index in [4.69, 9.17) is 0 Å². The first-order valence-electron chi connectivity index (χ1n) is 2.94. The molecule has 0 heterocycles. The molecule has 1 rings (SSSR count). The summed E-state index contributed by atoms with van der Waals surface area (Å²) in [6.07, 6.45) is 0. The average molecular weight is 269 g/mol. The van der Waals surface area contributed by atoms with Crippen LogP contribution in [-0.4, -0.2) is 23.1 Å². The van der Waals surface area contributed by atoms with Crippen molar-refractivity contribution in [3.05, 3.63) is 33.3 Å². The zero-order valence-corrected chi connectivity index (χ0v) is 7.48. The molecule has 0 nitrogen and oxygen atoms in total. The SMILES string of the molecule is Cc1c(F)c(F)c(Br)c(F)c1F.[MgH2]. The molecule has 0 unspecified atom stereocenters. The number of rotatable bonds is 0. The lowest BCUT2D eigenvalue weighted by molar-refractivity contribution is 0.438. The van der Waals surface area contributed by atoms with Gasteiger partial charge < -0.3 is 0 Å². The van der Waals surface area contributed by atoms with Gasteiger partial charge in [-0.15, -0.1) is 0 Å². The molecule has 1 aromatic carbocycles. The minimum absolute atomic E-state index is 0. The minimum Gasteiger partial charge on any atom is -0.203 e. The quantitative estimate of drug-likeness (QED) is 0.294. The maximum Gasteiger partial charge on any atom is 0.316 e. The van der Waals surface area contributed by atoms with Gasteiger partial charge in [-0.3, -0.25) is 0 Å². The molecule has 0 aromatic heterocycles. The van der Waals surface area contributed by atoms with Crippen LogP contribution in [0.3, 0.4) is 0 Å². The van der Waals surface area contributed by atoms with Crippen molar-refractivity contribution in [2.24, 2.45) is 0 Å². The molecule has 0 amide bonds. The van der Waals surface area contributed by atoms with Crippen LogP contribution < -0.4 is 0 Å². The molecular formula is C7H5BrF4Mg. The van der Waals surface area contributed by atoms with Crippen LogP contribution in [0.5, 0.6) is 0 Å². The molecule has 0 bridgehead atoms. The van der Waals surface area contributed by atoms with Crippen LogP contribution in [-0.2, 0) is 0 Å². The summed E-state index contributed by atoms with van der Waals surface area (Å²) in [6, 6.07) is 0. The summed E-state index contributed by atoms with van der Waals surface area (Å²) in [7, 11) is 0. The van der Waals surface area contributed by atoms with Gasteiger partial charge in [-0.05, 0) is 22.9 Å². The van der Waals surface area contributed by atoms with E-state index in [0.717, 1.165) is 6.92 Å². The van der Waals surface area contributed by atoms with Crippen LogP contribution in [0.4, 0.5) is 17.6 Å². The minimum atomic E-state index is -1.41. The molecule has 0 saturated carbocycles. The molecule has 13 heavy (non-hydrogen) atoms. The van der Waals surface area contributed by atoms with Crippen molar-refractivity contribution >= 4 is 39.0 Å². The van der Waals surface area contributed by atoms with Crippen LogP contribution in [0.15, 0.2) is 4.47 Å². The van der Waals surface area contributed by atoms with Crippen molar-refractivity contribution < 1.29 is 17.6 Å². The van der Waals surface area contributed by atoms with E-state index in [-0.39, 0.29) is 23.1 Å². The van der Waals surface area contributed by atoms with E-state index < -0.39 is 33.3 Å². The lowest BCUT2D eigenvalue weighted by Gasteiger charge is -2.03. The van der Waals surface area contributed by atoms with E-state index in [1.807, 2.05) is 0 Å². The van der Waals surface area contributed by atoms with Gasteiger partial charge in [-0.1, -0.05) is 0 Å². The molecule has 0 fully saturated rings. The fraction of sp³-hybridized carbons (Fsp3) is 0.143. The predicted molar refractivity (Wildman–Crippen MR) is 47.3 cm³/mol. The van der Waals surface area contributed by atoms with E-state index in [9.17, 15) is 17.6 Å². The Bertz CT molecular complexity index is 235. The summed E-state index contributed by atoms with van der Waals surface area (Å²) in [5.41, 5.74) is -0.659. The maximum atomic E-state index is 12.6. The molecule has 0 aliphatic heterocycles. The van der Waals surface area contributed by atoms with Gasteiger partial charge in [0.05, 0.1) is 4.47 Å². The number of hydrogen-bond acceptors (Lipinski definition) is 0. The van der Waals surface area contributed by atoms with Gasteiger partial charge in [-0.25, -0.2) is 17.6 Å². The van der Waals surface area contributed by atoms with Crippen molar-refractivity contribution in [3.63, 3.8) is 0 Å². The molecule has 0 aliphatic carbocycles. The normalized spacial score (nSPS) is 9.69. The second-order valence-corrected chi connectivity index (χ2v) is 2.99. The Balaban J connectivity index is 0.00000144. The van der Waals surface area contributed by atoms with Gasteiger partial charge in [0.25, 0.3) is 0 Å². The first-order valence-corrected chi connectivity index (χ1v) is 3.74. The molecule has 6 heteroatoms. The molecule has 0 saturated heterocycles. The Morgan fingerprint density at radius 2 is 1.15 bits per heavy atom. The molecule has 0 aliphatic rings. The fourth-order valence-corrected chi connectivity index (χ4v) is 1.06. The van der Waals surface area contributed by atoms with Gasteiger partial charge in [0.2, 0.25) is 0 Å². The Morgan fingerprint density at radius 3 is 1.46 bits per heavy atom. The lowest BCUT2D eigenvalue weighted by Crippen LogP contribution is -2.00. The zero-order chi connectivity index (χ0) is 9.46. The van der Waals surface area contributed by atoms with Crippen molar-refractivity contribution in [2.45, 2.75) is 6.92 Å². The Hall–Kier alpha value is 0.186. The summed E-state index contributed by atoms with van der Waals surface area (Å²) < 4.78 is 49.6. The van der Waals surface area contributed by atoms with Crippen molar-refractivity contribution in [2.75, 3.05) is 0 Å². The lowest BCUT2D eigenvalue weighted by atomic mass is 10.2. The zero-order valence-electron chi connectivity index (χ0n) is 5.89. The highest BCUT2D eigenvalue weighted by molar-refractivity contribution is 9.10. The van der Waals surface area contributed by atoms with Crippen molar-refractivity contribution in [3.8, 4) is 0 Å². The first-order chi connectivity index (χ1) is 5.46. The number of benzene rings is 1.